The molecule has 0 aliphatic carbocycles. The van der Waals surface area contributed by atoms with Gasteiger partial charge in [-0.15, -0.1) is 15.3 Å². The predicted molar refractivity (Wildman–Crippen MR) is 104 cm³/mol. The zero-order chi connectivity index (χ0) is 22.3. The van der Waals surface area contributed by atoms with Gasteiger partial charge in [-0.1, -0.05) is 18.2 Å². The smallest absolute Gasteiger partial charge is 0.351 e. The fourth-order valence-electron chi connectivity index (χ4n) is 3.67. The van der Waals surface area contributed by atoms with Gasteiger partial charge in [0.25, 0.3) is 5.82 Å². The van der Waals surface area contributed by atoms with Crippen molar-refractivity contribution in [3.05, 3.63) is 52.6 Å². The van der Waals surface area contributed by atoms with Gasteiger partial charge < -0.3 is 9.80 Å². The van der Waals surface area contributed by atoms with Crippen LogP contribution in [0.3, 0.4) is 0 Å². The summed E-state index contributed by atoms with van der Waals surface area (Å²) in [5, 5.41) is 11.1. The van der Waals surface area contributed by atoms with Gasteiger partial charge in [0.1, 0.15) is 5.82 Å². The molecule has 0 N–H and O–H groups in total. The molecule has 0 saturated carbocycles. The molecule has 0 spiro atoms. The first-order valence-electron chi connectivity index (χ1n) is 9.72. The standard InChI is InChI=1S/C20H20F4N6O/c1-12-13(2)18(27-30-17(12)25-26-19(30)20(22,23)24)29-9-7-28(8-10-29)16(31)11-14-5-3-4-6-15(14)21/h3-6H,7-11H2,1-2H3. The molecule has 3 aromatic rings. The van der Waals surface area contributed by atoms with Gasteiger partial charge in [-0.3, -0.25) is 4.79 Å². The van der Waals surface area contributed by atoms with Crippen LogP contribution in [0.15, 0.2) is 24.3 Å². The molecule has 1 fully saturated rings. The first-order valence-corrected chi connectivity index (χ1v) is 9.72. The van der Waals surface area contributed by atoms with Crippen LogP contribution in [0.4, 0.5) is 23.4 Å². The highest BCUT2D eigenvalue weighted by Gasteiger charge is 2.38. The largest absolute Gasteiger partial charge is 0.453 e. The number of nitrogens with zero attached hydrogens (tertiary/aromatic N) is 6. The maximum absolute atomic E-state index is 13.8. The molecule has 11 heteroatoms. The Morgan fingerprint density at radius 2 is 1.71 bits per heavy atom. The van der Waals surface area contributed by atoms with Crippen LogP contribution < -0.4 is 4.90 Å². The molecule has 4 rings (SSSR count). The van der Waals surface area contributed by atoms with Gasteiger partial charge in [-0.05, 0) is 25.5 Å². The Morgan fingerprint density at radius 3 is 2.35 bits per heavy atom. The average Bonchev–Trinajstić information content (AvgIpc) is 3.17. The third kappa shape index (κ3) is 3.91. The number of anilines is 1. The molecule has 7 nitrogen and oxygen atoms in total. The molecule has 164 valence electrons. The first kappa shape index (κ1) is 21.0. The molecule has 0 atom stereocenters. The van der Waals surface area contributed by atoms with Crippen molar-refractivity contribution in [1.29, 1.82) is 0 Å². The van der Waals surface area contributed by atoms with E-state index in [1.165, 1.54) is 6.07 Å². The summed E-state index contributed by atoms with van der Waals surface area (Å²) in [6.07, 6.45) is -4.71. The van der Waals surface area contributed by atoms with E-state index in [-0.39, 0.29) is 18.0 Å². The number of fused-ring (bicyclic) bond motifs is 1. The SMILES string of the molecule is Cc1c(N2CCN(C(=O)Cc3ccccc3F)CC2)nn2c(C(F)(F)F)nnc2c1C. The van der Waals surface area contributed by atoms with E-state index in [4.69, 9.17) is 0 Å². The normalized spacial score (nSPS) is 15.0. The summed E-state index contributed by atoms with van der Waals surface area (Å²) in [7, 11) is 0. The second kappa shape index (κ2) is 7.78. The Hall–Kier alpha value is -3.24. The number of piperazine rings is 1. The number of hydrogen-bond acceptors (Lipinski definition) is 5. The number of carbonyl (C=O) groups excluding carboxylic acids is 1. The Kier molecular flexibility index (Phi) is 5.28. The predicted octanol–water partition coefficient (Wildman–Crippen LogP) is 2.79. The van der Waals surface area contributed by atoms with E-state index >= 15 is 0 Å². The Balaban J connectivity index is 1.53. The average molecular weight is 436 g/mol. The quantitative estimate of drug-likeness (QED) is 0.591. The number of alkyl halides is 3. The van der Waals surface area contributed by atoms with Crippen molar-refractivity contribution < 1.29 is 22.4 Å². The third-order valence-corrected chi connectivity index (χ3v) is 5.55. The minimum atomic E-state index is -4.68. The Morgan fingerprint density at radius 1 is 1.03 bits per heavy atom. The minimum absolute atomic E-state index is 0.0370. The first-order chi connectivity index (χ1) is 14.7. The summed E-state index contributed by atoms with van der Waals surface area (Å²) < 4.78 is 54.3. The minimum Gasteiger partial charge on any atom is -0.351 e. The lowest BCUT2D eigenvalue weighted by molar-refractivity contribution is -0.146. The van der Waals surface area contributed by atoms with Crippen LogP contribution in [0.2, 0.25) is 0 Å². The number of benzene rings is 1. The van der Waals surface area contributed by atoms with Crippen molar-refractivity contribution in [3.63, 3.8) is 0 Å². The molecular weight excluding hydrogens is 416 g/mol. The number of hydrogen-bond donors (Lipinski definition) is 0. The lowest BCUT2D eigenvalue weighted by atomic mass is 10.1. The maximum Gasteiger partial charge on any atom is 0.453 e. The number of aromatic nitrogens is 4. The number of aryl methyl sites for hydroxylation is 1. The van der Waals surface area contributed by atoms with Crippen LogP contribution in [0.25, 0.3) is 5.65 Å². The van der Waals surface area contributed by atoms with Gasteiger partial charge in [0.2, 0.25) is 5.91 Å². The second-order valence-electron chi connectivity index (χ2n) is 7.47. The van der Waals surface area contributed by atoms with E-state index in [0.717, 1.165) is 4.52 Å². The van der Waals surface area contributed by atoms with Gasteiger partial charge >= 0.3 is 6.18 Å². The van der Waals surface area contributed by atoms with Crippen molar-refractivity contribution >= 4 is 17.4 Å². The summed E-state index contributed by atoms with van der Waals surface area (Å²) in [5.41, 5.74) is 1.67. The Labute approximate surface area is 175 Å². The van der Waals surface area contributed by atoms with Gasteiger partial charge in [-0.2, -0.15) is 17.7 Å². The van der Waals surface area contributed by atoms with Crippen molar-refractivity contribution in [2.75, 3.05) is 31.1 Å². The fraction of sp³-hybridized carbons (Fsp3) is 0.400. The van der Waals surface area contributed by atoms with E-state index in [0.29, 0.717) is 48.7 Å². The van der Waals surface area contributed by atoms with Crippen LogP contribution in [-0.2, 0) is 17.4 Å². The van der Waals surface area contributed by atoms with Crippen LogP contribution in [0.1, 0.15) is 22.5 Å². The van der Waals surface area contributed by atoms with Crippen LogP contribution >= 0.6 is 0 Å². The fourth-order valence-corrected chi connectivity index (χ4v) is 3.67. The zero-order valence-electron chi connectivity index (χ0n) is 16.9. The van der Waals surface area contributed by atoms with E-state index in [2.05, 4.69) is 15.3 Å². The molecule has 2 aromatic heterocycles. The van der Waals surface area contributed by atoms with Gasteiger partial charge in [0, 0.05) is 37.3 Å². The summed E-state index contributed by atoms with van der Waals surface area (Å²) in [6, 6.07) is 6.13. The summed E-state index contributed by atoms with van der Waals surface area (Å²) in [6.45, 7) is 4.96. The van der Waals surface area contributed by atoms with E-state index in [1.807, 2.05) is 4.90 Å². The molecule has 1 saturated heterocycles. The van der Waals surface area contributed by atoms with Crippen molar-refractivity contribution in [2.24, 2.45) is 0 Å². The van der Waals surface area contributed by atoms with E-state index in [9.17, 15) is 22.4 Å². The van der Waals surface area contributed by atoms with Crippen molar-refractivity contribution in [1.82, 2.24) is 24.7 Å². The van der Waals surface area contributed by atoms with Crippen molar-refractivity contribution in [2.45, 2.75) is 26.4 Å². The van der Waals surface area contributed by atoms with E-state index < -0.39 is 17.8 Å². The highest BCUT2D eigenvalue weighted by molar-refractivity contribution is 5.79. The third-order valence-electron chi connectivity index (χ3n) is 5.55. The molecule has 0 radical (unpaired) electrons. The lowest BCUT2D eigenvalue weighted by Crippen LogP contribution is -2.49. The second-order valence-corrected chi connectivity index (χ2v) is 7.47. The molecule has 3 heterocycles. The number of amides is 1. The molecule has 1 aromatic carbocycles. The topological polar surface area (TPSA) is 66.6 Å². The molecule has 0 unspecified atom stereocenters. The van der Waals surface area contributed by atoms with Gasteiger partial charge in [-0.25, -0.2) is 4.39 Å². The number of carbonyl (C=O) groups is 1. The zero-order valence-corrected chi connectivity index (χ0v) is 16.9. The molecule has 1 aliphatic heterocycles. The lowest BCUT2D eigenvalue weighted by Gasteiger charge is -2.36. The summed E-state index contributed by atoms with van der Waals surface area (Å²) >= 11 is 0. The van der Waals surface area contributed by atoms with Crippen LogP contribution in [-0.4, -0.2) is 56.8 Å². The highest BCUT2D eigenvalue weighted by Crippen LogP contribution is 2.30. The highest BCUT2D eigenvalue weighted by atomic mass is 19.4. The maximum atomic E-state index is 13.8. The molecule has 1 amide bonds. The Bertz CT molecular complexity index is 1130. The van der Waals surface area contributed by atoms with Crippen LogP contribution in [0.5, 0.6) is 0 Å². The molecule has 1 aliphatic rings. The van der Waals surface area contributed by atoms with Gasteiger partial charge in [0.15, 0.2) is 11.5 Å². The van der Waals surface area contributed by atoms with Crippen molar-refractivity contribution in [3.8, 4) is 0 Å². The molecule has 31 heavy (non-hydrogen) atoms. The number of halogens is 4. The molecule has 0 bridgehead atoms. The molecular formula is C20H20F4N6O. The monoisotopic (exact) mass is 436 g/mol. The van der Waals surface area contributed by atoms with Gasteiger partial charge in [0.05, 0.1) is 6.42 Å². The summed E-state index contributed by atoms with van der Waals surface area (Å²) in [4.78, 5) is 16.0. The number of rotatable bonds is 3. The van der Waals surface area contributed by atoms with E-state index in [1.54, 1.807) is 36.9 Å². The van der Waals surface area contributed by atoms with Crippen LogP contribution in [0, 0.1) is 19.7 Å². The summed E-state index contributed by atoms with van der Waals surface area (Å²) in [5.74, 6) is -1.39.